The largest absolute Gasteiger partial charge is 0.480 e. The summed E-state index contributed by atoms with van der Waals surface area (Å²) >= 11 is 0. The van der Waals surface area contributed by atoms with Crippen molar-refractivity contribution in [3.05, 3.63) is 113 Å². The first-order chi connectivity index (χ1) is 25.6. The van der Waals surface area contributed by atoms with Gasteiger partial charge < -0.3 is 30.5 Å². The molecule has 294 valence electrons. The lowest BCUT2D eigenvalue weighted by Crippen LogP contribution is -2.47. The summed E-state index contributed by atoms with van der Waals surface area (Å²) < 4.78 is 53.2. The number of carbonyl (C=O) groups excluding carboxylic acids is 3. The Bertz CT molecular complexity index is 1980. The van der Waals surface area contributed by atoms with E-state index in [1.54, 1.807) is 84.9 Å². The Morgan fingerprint density at radius 2 is 1.42 bits per heavy atom. The maximum atomic E-state index is 13.9. The first kappa shape index (κ1) is 41.9. The molecule has 0 bridgehead atoms. The third-order valence-corrected chi connectivity index (χ3v) is 8.09. The minimum absolute atomic E-state index is 0.00402. The molecule has 55 heavy (non-hydrogen) atoms. The van der Waals surface area contributed by atoms with Gasteiger partial charge in [-0.1, -0.05) is 61.5 Å². The lowest BCUT2D eigenvalue weighted by molar-refractivity contribution is -0.142. The summed E-state index contributed by atoms with van der Waals surface area (Å²) in [6, 6.07) is 21.5. The van der Waals surface area contributed by atoms with E-state index in [0.717, 1.165) is 10.2 Å². The topological polar surface area (TPSA) is 161 Å². The van der Waals surface area contributed by atoms with Crippen LogP contribution in [0.1, 0.15) is 93.7 Å². The van der Waals surface area contributed by atoms with E-state index in [4.69, 9.17) is 9.47 Å². The summed E-state index contributed by atoms with van der Waals surface area (Å²) in [7, 11) is 0. The second-order valence-electron chi connectivity index (χ2n) is 15.1. The van der Waals surface area contributed by atoms with Gasteiger partial charge in [-0.05, 0) is 94.8 Å². The molecular formula is C40H46F3N5O7. The number of aliphatic carboxylic acids is 1. The molecule has 0 saturated heterocycles. The van der Waals surface area contributed by atoms with Crippen molar-refractivity contribution in [3.8, 4) is 5.69 Å². The molecule has 0 fully saturated rings. The van der Waals surface area contributed by atoms with Gasteiger partial charge in [0.05, 0.1) is 5.69 Å². The molecule has 15 heteroatoms. The second-order valence-corrected chi connectivity index (χ2v) is 15.1. The maximum Gasteiger partial charge on any atom is 0.435 e. The fourth-order valence-electron chi connectivity index (χ4n) is 5.73. The van der Waals surface area contributed by atoms with Crippen LogP contribution >= 0.6 is 0 Å². The van der Waals surface area contributed by atoms with Gasteiger partial charge >= 0.3 is 24.3 Å². The van der Waals surface area contributed by atoms with Gasteiger partial charge in [0.2, 0.25) is 0 Å². The summed E-state index contributed by atoms with van der Waals surface area (Å²) in [5.74, 6) is -3.16. The Balaban J connectivity index is 1.62. The highest BCUT2D eigenvalue weighted by Crippen LogP contribution is 2.34. The van der Waals surface area contributed by atoms with Crippen LogP contribution in [0.2, 0.25) is 0 Å². The van der Waals surface area contributed by atoms with Crippen molar-refractivity contribution in [2.24, 2.45) is 5.92 Å². The Kier molecular flexibility index (Phi) is 13.0. The van der Waals surface area contributed by atoms with E-state index in [0.29, 0.717) is 17.2 Å². The predicted molar refractivity (Wildman–Crippen MR) is 199 cm³/mol. The molecule has 3 aromatic carbocycles. The number of rotatable bonds is 12. The molecule has 1 heterocycles. The average molecular weight is 766 g/mol. The molecule has 0 spiro atoms. The molecule has 3 amide bonds. The van der Waals surface area contributed by atoms with E-state index >= 15 is 0 Å². The number of halogens is 3. The highest BCUT2D eigenvalue weighted by atomic mass is 19.4. The van der Waals surface area contributed by atoms with Gasteiger partial charge in [0.15, 0.2) is 5.69 Å². The molecule has 0 aliphatic carbocycles. The SMILES string of the molecule is CC(CC(c1ccccc1)c1cccc(NC(=O)c2cc(C(F)(F)F)nn2-c2cccc(CNC(=O)OC(C)(C)C)c2)c1)[C@@H](NC(=O)OC(C)(C)C)C(=O)O. The van der Waals surface area contributed by atoms with Crippen molar-refractivity contribution in [1.29, 1.82) is 0 Å². The molecule has 3 atom stereocenters. The van der Waals surface area contributed by atoms with Crippen LogP contribution in [0.25, 0.3) is 5.69 Å². The number of carboxylic acid groups (broad SMARTS) is 1. The van der Waals surface area contributed by atoms with Crippen LogP contribution in [0.15, 0.2) is 84.9 Å². The monoisotopic (exact) mass is 765 g/mol. The zero-order chi connectivity index (χ0) is 40.7. The first-order valence-corrected chi connectivity index (χ1v) is 17.5. The molecule has 2 unspecified atom stereocenters. The highest BCUT2D eigenvalue weighted by Gasteiger charge is 2.36. The van der Waals surface area contributed by atoms with E-state index < -0.39 is 70.7 Å². The minimum Gasteiger partial charge on any atom is -0.480 e. The zero-order valence-electron chi connectivity index (χ0n) is 31.7. The van der Waals surface area contributed by atoms with Gasteiger partial charge in [0.25, 0.3) is 5.91 Å². The third-order valence-electron chi connectivity index (χ3n) is 8.09. The number of aromatic nitrogens is 2. The Hall–Kier alpha value is -5.86. The standard InChI is InChI=1S/C40H46F3N5O7/c1-24(33(35(50)51)46-37(53)55-39(5,6)7)19-30(26-14-9-8-10-15-26)27-16-12-17-28(21-27)45-34(49)31-22-32(40(41,42)43)47-48(31)29-18-11-13-25(20-29)23-44-36(52)54-38(2,3)4/h8-18,20-22,24,30,33H,19,23H2,1-7H3,(H,44,52)(H,45,49)(H,46,53)(H,50,51)/t24?,30?,33-/m1/s1. The van der Waals surface area contributed by atoms with E-state index in [1.807, 2.05) is 30.3 Å². The van der Waals surface area contributed by atoms with Gasteiger partial charge in [0.1, 0.15) is 22.9 Å². The molecule has 4 rings (SSSR count). The van der Waals surface area contributed by atoms with Crippen LogP contribution in [0, 0.1) is 5.92 Å². The van der Waals surface area contributed by atoms with Crippen molar-refractivity contribution in [2.75, 3.05) is 5.32 Å². The van der Waals surface area contributed by atoms with Crippen molar-refractivity contribution in [1.82, 2.24) is 20.4 Å². The second kappa shape index (κ2) is 17.1. The van der Waals surface area contributed by atoms with E-state index in [9.17, 15) is 37.5 Å². The number of nitrogens with zero attached hydrogens (tertiary/aromatic N) is 2. The van der Waals surface area contributed by atoms with Crippen molar-refractivity contribution < 1.29 is 46.9 Å². The first-order valence-electron chi connectivity index (χ1n) is 17.5. The zero-order valence-corrected chi connectivity index (χ0v) is 31.7. The highest BCUT2D eigenvalue weighted by molar-refractivity contribution is 6.03. The fourth-order valence-corrected chi connectivity index (χ4v) is 5.73. The van der Waals surface area contributed by atoms with Crippen LogP contribution in [0.4, 0.5) is 28.4 Å². The molecule has 12 nitrogen and oxygen atoms in total. The van der Waals surface area contributed by atoms with E-state index in [2.05, 4.69) is 21.0 Å². The summed E-state index contributed by atoms with van der Waals surface area (Å²) in [6.45, 7) is 11.8. The fraction of sp³-hybridized carbons (Fsp3) is 0.375. The minimum atomic E-state index is -4.86. The molecule has 1 aromatic heterocycles. The number of anilines is 1. The third kappa shape index (κ3) is 12.3. The van der Waals surface area contributed by atoms with Crippen LogP contribution < -0.4 is 16.0 Å². The van der Waals surface area contributed by atoms with E-state index in [1.165, 1.54) is 12.1 Å². The van der Waals surface area contributed by atoms with Gasteiger partial charge in [0, 0.05) is 24.2 Å². The number of hydrogen-bond acceptors (Lipinski definition) is 7. The van der Waals surface area contributed by atoms with E-state index in [-0.39, 0.29) is 24.3 Å². The molecule has 0 aliphatic rings. The molecule has 0 radical (unpaired) electrons. The molecule has 4 N–H and O–H groups in total. The number of carbonyl (C=O) groups is 4. The van der Waals surface area contributed by atoms with Gasteiger partial charge in [-0.3, -0.25) is 4.79 Å². The molecule has 4 aromatic rings. The van der Waals surface area contributed by atoms with Crippen LogP contribution in [0.5, 0.6) is 0 Å². The number of nitrogens with one attached hydrogen (secondary N) is 3. The summed E-state index contributed by atoms with van der Waals surface area (Å²) in [4.78, 5) is 50.8. The lowest BCUT2D eigenvalue weighted by Gasteiger charge is -2.28. The predicted octanol–water partition coefficient (Wildman–Crippen LogP) is 8.30. The smallest absolute Gasteiger partial charge is 0.435 e. The lowest BCUT2D eigenvalue weighted by atomic mass is 9.81. The number of benzene rings is 3. The van der Waals surface area contributed by atoms with Crippen molar-refractivity contribution in [2.45, 2.75) is 90.8 Å². The van der Waals surface area contributed by atoms with Gasteiger partial charge in [-0.2, -0.15) is 18.3 Å². The summed E-state index contributed by atoms with van der Waals surface area (Å²) in [6.07, 6.45) is -6.16. The number of ether oxygens (including phenoxy) is 2. The van der Waals surface area contributed by atoms with Gasteiger partial charge in [-0.25, -0.2) is 19.1 Å². The molecule has 0 saturated carbocycles. The van der Waals surface area contributed by atoms with Gasteiger partial charge in [-0.15, -0.1) is 0 Å². The summed E-state index contributed by atoms with van der Waals surface area (Å²) in [5.41, 5.74) is -0.847. The Morgan fingerprint density at radius 1 is 0.800 bits per heavy atom. The Labute approximate surface area is 317 Å². The molecular weight excluding hydrogens is 719 g/mol. The Morgan fingerprint density at radius 3 is 2.04 bits per heavy atom. The van der Waals surface area contributed by atoms with Crippen LogP contribution in [0.3, 0.4) is 0 Å². The number of carboxylic acids is 1. The quantitative estimate of drug-likeness (QED) is 0.112. The normalized spacial score (nSPS) is 13.6. The van der Waals surface area contributed by atoms with Crippen molar-refractivity contribution >= 4 is 29.8 Å². The number of amides is 3. The maximum absolute atomic E-state index is 13.9. The number of alkyl halides is 3. The number of alkyl carbamates (subject to hydrolysis) is 2. The summed E-state index contributed by atoms with van der Waals surface area (Å²) in [5, 5.41) is 21.5. The number of hydrogen-bond donors (Lipinski definition) is 4. The molecule has 0 aliphatic heterocycles. The average Bonchev–Trinajstić information content (AvgIpc) is 3.55. The van der Waals surface area contributed by atoms with Crippen LogP contribution in [-0.2, 0) is 27.0 Å². The van der Waals surface area contributed by atoms with Crippen LogP contribution in [-0.4, -0.2) is 56.2 Å². The van der Waals surface area contributed by atoms with Crippen molar-refractivity contribution in [3.63, 3.8) is 0 Å².